The van der Waals surface area contributed by atoms with E-state index in [9.17, 15) is 4.79 Å². The van der Waals surface area contributed by atoms with Crippen LogP contribution in [-0.4, -0.2) is 13.0 Å². The lowest BCUT2D eigenvalue weighted by atomic mass is 10.1. The molecule has 0 fully saturated rings. The third kappa shape index (κ3) is 3.07. The minimum Gasteiger partial charge on any atom is -0.494 e. The van der Waals surface area contributed by atoms with Crippen LogP contribution in [0.25, 0.3) is 0 Å². The molecule has 0 unspecified atom stereocenters. The number of ether oxygens (including phenoxy) is 1. The van der Waals surface area contributed by atoms with E-state index in [0.717, 1.165) is 0 Å². The predicted molar refractivity (Wildman–Crippen MR) is 81.5 cm³/mol. The number of amides is 1. The highest BCUT2D eigenvalue weighted by Gasteiger charge is 2.15. The fourth-order valence-corrected chi connectivity index (χ4v) is 2.07. The molecule has 5 nitrogen and oxygen atoms in total. The number of anilines is 2. The van der Waals surface area contributed by atoms with Crippen molar-refractivity contribution >= 4 is 28.9 Å². The second-order valence-corrected chi connectivity index (χ2v) is 4.60. The summed E-state index contributed by atoms with van der Waals surface area (Å²) in [6.07, 6.45) is 0. The molecule has 0 atom stereocenters. The topological polar surface area (TPSA) is 88.1 Å². The van der Waals surface area contributed by atoms with E-state index < -0.39 is 0 Å². The van der Waals surface area contributed by atoms with E-state index in [0.29, 0.717) is 28.3 Å². The summed E-state index contributed by atoms with van der Waals surface area (Å²) in [5.74, 6) is -0.0605. The van der Waals surface area contributed by atoms with Crippen LogP contribution in [-0.2, 0) is 0 Å². The van der Waals surface area contributed by atoms with Crippen molar-refractivity contribution in [2.45, 2.75) is 0 Å². The van der Waals surface area contributed by atoms with Crippen LogP contribution >= 0.6 is 11.6 Å². The van der Waals surface area contributed by atoms with Crippen LogP contribution in [0.5, 0.6) is 5.75 Å². The lowest BCUT2D eigenvalue weighted by Crippen LogP contribution is -2.14. The molecule has 0 bridgehead atoms. The number of carbonyl (C=O) groups excluding carboxylic acids is 1. The van der Waals surface area contributed by atoms with Gasteiger partial charge >= 0.3 is 0 Å². The van der Waals surface area contributed by atoms with Crippen molar-refractivity contribution in [3.8, 4) is 11.8 Å². The van der Waals surface area contributed by atoms with Crippen LogP contribution in [0, 0.1) is 11.3 Å². The van der Waals surface area contributed by atoms with Crippen molar-refractivity contribution < 1.29 is 9.53 Å². The zero-order valence-electron chi connectivity index (χ0n) is 11.2. The number of benzene rings is 2. The molecule has 0 heterocycles. The smallest absolute Gasteiger partial charge is 0.259 e. The lowest BCUT2D eigenvalue weighted by molar-refractivity contribution is 0.102. The van der Waals surface area contributed by atoms with Gasteiger partial charge in [-0.1, -0.05) is 17.7 Å². The Labute approximate surface area is 126 Å². The van der Waals surface area contributed by atoms with Crippen molar-refractivity contribution in [3.05, 3.63) is 52.5 Å². The second-order valence-electron chi connectivity index (χ2n) is 4.19. The quantitative estimate of drug-likeness (QED) is 0.853. The van der Waals surface area contributed by atoms with E-state index in [1.54, 1.807) is 24.3 Å². The normalized spacial score (nSPS) is 9.76. The van der Waals surface area contributed by atoms with Gasteiger partial charge in [-0.15, -0.1) is 0 Å². The first-order chi connectivity index (χ1) is 10.1. The Morgan fingerprint density at radius 1 is 1.38 bits per heavy atom. The first-order valence-electron chi connectivity index (χ1n) is 6.00. The first kappa shape index (κ1) is 14.7. The third-order valence-electron chi connectivity index (χ3n) is 2.84. The standard InChI is InChI=1S/C15H12ClN3O2/c1-21-14-11(3-2-4-13(14)18)15(20)19-10-6-5-9(8-17)12(16)7-10/h2-7H,18H2,1H3,(H,19,20). The van der Waals surface area contributed by atoms with Crippen LogP contribution in [0.15, 0.2) is 36.4 Å². The molecule has 106 valence electrons. The molecule has 0 aliphatic rings. The molecular weight excluding hydrogens is 290 g/mol. The van der Waals surface area contributed by atoms with Gasteiger partial charge in [0.15, 0.2) is 5.75 Å². The summed E-state index contributed by atoms with van der Waals surface area (Å²) in [7, 11) is 1.45. The van der Waals surface area contributed by atoms with E-state index in [1.807, 2.05) is 6.07 Å². The number of nitrogens with two attached hydrogens (primary N) is 1. The summed E-state index contributed by atoms with van der Waals surface area (Å²) >= 11 is 5.92. The summed E-state index contributed by atoms with van der Waals surface area (Å²) in [4.78, 5) is 12.3. The Hall–Kier alpha value is -2.71. The number of para-hydroxylation sites is 1. The van der Waals surface area contributed by atoms with Gasteiger partial charge in [0.25, 0.3) is 5.91 Å². The van der Waals surface area contributed by atoms with Gasteiger partial charge < -0.3 is 15.8 Å². The Balaban J connectivity index is 2.29. The molecule has 0 aliphatic heterocycles. The van der Waals surface area contributed by atoms with Crippen LogP contribution in [0.4, 0.5) is 11.4 Å². The largest absolute Gasteiger partial charge is 0.494 e. The van der Waals surface area contributed by atoms with Gasteiger partial charge in [-0.05, 0) is 30.3 Å². The van der Waals surface area contributed by atoms with Crippen molar-refractivity contribution in [1.82, 2.24) is 0 Å². The number of nitrogens with zero attached hydrogens (tertiary/aromatic N) is 1. The number of halogens is 1. The molecule has 2 rings (SSSR count). The van der Waals surface area contributed by atoms with E-state index in [1.165, 1.54) is 19.2 Å². The number of methoxy groups -OCH3 is 1. The lowest BCUT2D eigenvalue weighted by Gasteiger charge is -2.11. The molecule has 0 saturated carbocycles. The van der Waals surface area contributed by atoms with Crippen LogP contribution in [0.1, 0.15) is 15.9 Å². The number of hydrogen-bond acceptors (Lipinski definition) is 4. The van der Waals surface area contributed by atoms with Crippen molar-refractivity contribution in [3.63, 3.8) is 0 Å². The van der Waals surface area contributed by atoms with Gasteiger partial charge in [0, 0.05) is 5.69 Å². The van der Waals surface area contributed by atoms with Gasteiger partial charge in [-0.3, -0.25) is 4.79 Å². The predicted octanol–water partition coefficient (Wildman–Crippen LogP) is 3.05. The average molecular weight is 302 g/mol. The minimum absolute atomic E-state index is 0.273. The van der Waals surface area contributed by atoms with E-state index in [-0.39, 0.29) is 10.9 Å². The Bertz CT molecular complexity index is 738. The molecule has 0 aromatic heterocycles. The Kier molecular flexibility index (Phi) is 4.31. The van der Waals surface area contributed by atoms with Crippen molar-refractivity contribution in [1.29, 1.82) is 5.26 Å². The molecule has 2 aromatic rings. The zero-order valence-corrected chi connectivity index (χ0v) is 11.9. The fraction of sp³-hybridized carbons (Fsp3) is 0.0667. The van der Waals surface area contributed by atoms with Crippen molar-refractivity contribution in [2.75, 3.05) is 18.2 Å². The molecule has 0 radical (unpaired) electrons. The number of rotatable bonds is 3. The monoisotopic (exact) mass is 301 g/mol. The zero-order chi connectivity index (χ0) is 15.4. The molecule has 6 heteroatoms. The van der Waals surface area contributed by atoms with E-state index >= 15 is 0 Å². The number of carbonyl (C=O) groups is 1. The maximum atomic E-state index is 12.3. The Morgan fingerprint density at radius 2 is 2.14 bits per heavy atom. The van der Waals surface area contributed by atoms with E-state index in [2.05, 4.69) is 5.32 Å². The number of nitrogens with one attached hydrogen (secondary N) is 1. The summed E-state index contributed by atoms with van der Waals surface area (Å²) in [6, 6.07) is 11.5. The SMILES string of the molecule is COc1c(N)cccc1C(=O)Nc1ccc(C#N)c(Cl)c1. The second kappa shape index (κ2) is 6.16. The molecule has 0 saturated heterocycles. The summed E-state index contributed by atoms with van der Waals surface area (Å²) < 4.78 is 5.14. The number of nitriles is 1. The van der Waals surface area contributed by atoms with Crippen molar-refractivity contribution in [2.24, 2.45) is 0 Å². The maximum absolute atomic E-state index is 12.3. The number of nitrogen functional groups attached to an aromatic ring is 1. The average Bonchev–Trinajstić information content (AvgIpc) is 2.47. The highest BCUT2D eigenvalue weighted by Crippen LogP contribution is 2.27. The molecule has 21 heavy (non-hydrogen) atoms. The molecule has 0 aliphatic carbocycles. The molecule has 3 N–H and O–H groups in total. The molecule has 0 spiro atoms. The van der Waals surface area contributed by atoms with Gasteiger partial charge in [0.05, 0.1) is 28.9 Å². The summed E-state index contributed by atoms with van der Waals surface area (Å²) in [5.41, 5.74) is 7.28. The first-order valence-corrected chi connectivity index (χ1v) is 6.38. The van der Waals surface area contributed by atoms with Gasteiger partial charge in [0.2, 0.25) is 0 Å². The summed E-state index contributed by atoms with van der Waals surface area (Å²) in [5, 5.41) is 11.8. The van der Waals surface area contributed by atoms with Crippen LogP contribution in [0.3, 0.4) is 0 Å². The highest BCUT2D eigenvalue weighted by molar-refractivity contribution is 6.32. The Morgan fingerprint density at radius 3 is 2.76 bits per heavy atom. The van der Waals surface area contributed by atoms with Gasteiger partial charge in [-0.25, -0.2) is 0 Å². The minimum atomic E-state index is -0.375. The third-order valence-corrected chi connectivity index (χ3v) is 3.15. The fourth-order valence-electron chi connectivity index (χ4n) is 1.84. The van der Waals surface area contributed by atoms with Crippen LogP contribution < -0.4 is 15.8 Å². The maximum Gasteiger partial charge on any atom is 0.259 e. The molecule has 2 aromatic carbocycles. The van der Waals surface area contributed by atoms with Gasteiger partial charge in [-0.2, -0.15) is 5.26 Å². The number of hydrogen-bond donors (Lipinski definition) is 2. The molecular formula is C15H12ClN3O2. The summed E-state index contributed by atoms with van der Waals surface area (Å²) in [6.45, 7) is 0. The van der Waals surface area contributed by atoms with Crippen LogP contribution in [0.2, 0.25) is 5.02 Å². The van der Waals surface area contributed by atoms with E-state index in [4.69, 9.17) is 27.3 Å². The van der Waals surface area contributed by atoms with Gasteiger partial charge in [0.1, 0.15) is 6.07 Å². The highest BCUT2D eigenvalue weighted by atomic mass is 35.5. The molecule has 1 amide bonds.